The van der Waals surface area contributed by atoms with E-state index in [1.54, 1.807) is 6.08 Å². The summed E-state index contributed by atoms with van der Waals surface area (Å²) in [6.07, 6.45) is 3.62. The van der Waals surface area contributed by atoms with Crippen LogP contribution in [0.2, 0.25) is 0 Å². The average Bonchev–Trinajstić information content (AvgIpc) is 2.31. The minimum Gasteiger partial charge on any atom is -0.381 e. The molecule has 0 amide bonds. The summed E-state index contributed by atoms with van der Waals surface area (Å²) < 4.78 is 5.31. The summed E-state index contributed by atoms with van der Waals surface area (Å²) in [6.45, 7) is 1.59. The maximum Gasteiger partial charge on any atom is 0.240 e. The molecular formula is C12H13NO2. The normalized spacial score (nSPS) is 17.1. The molecule has 1 fully saturated rings. The van der Waals surface area contributed by atoms with Gasteiger partial charge < -0.3 is 4.74 Å². The van der Waals surface area contributed by atoms with Crippen molar-refractivity contribution in [3.63, 3.8) is 0 Å². The first-order valence-electron chi connectivity index (χ1n) is 5.16. The van der Waals surface area contributed by atoms with Crippen LogP contribution in [0.4, 0.5) is 5.69 Å². The van der Waals surface area contributed by atoms with Crippen molar-refractivity contribution in [3.05, 3.63) is 29.8 Å². The van der Waals surface area contributed by atoms with Crippen LogP contribution in [0.1, 0.15) is 24.3 Å². The van der Waals surface area contributed by atoms with E-state index < -0.39 is 0 Å². The lowest BCUT2D eigenvalue weighted by Crippen LogP contribution is -2.14. The van der Waals surface area contributed by atoms with E-state index in [4.69, 9.17) is 4.74 Å². The lowest BCUT2D eigenvalue weighted by atomic mass is 9.90. The van der Waals surface area contributed by atoms with E-state index in [2.05, 4.69) is 4.99 Å². The van der Waals surface area contributed by atoms with Gasteiger partial charge in [0.2, 0.25) is 6.08 Å². The van der Waals surface area contributed by atoms with E-state index in [1.165, 1.54) is 0 Å². The molecule has 0 atom stereocenters. The summed E-state index contributed by atoms with van der Waals surface area (Å²) >= 11 is 0. The molecule has 3 heteroatoms. The van der Waals surface area contributed by atoms with Crippen LogP contribution in [0.15, 0.2) is 29.3 Å². The highest BCUT2D eigenvalue weighted by Crippen LogP contribution is 2.33. The Kier molecular flexibility index (Phi) is 3.28. The number of hydrogen-bond acceptors (Lipinski definition) is 3. The van der Waals surface area contributed by atoms with Crippen molar-refractivity contribution in [2.24, 2.45) is 4.99 Å². The molecule has 1 aromatic carbocycles. The quantitative estimate of drug-likeness (QED) is 0.547. The number of carbonyl (C=O) groups excluding carboxylic acids is 1. The fourth-order valence-electron chi connectivity index (χ4n) is 1.99. The van der Waals surface area contributed by atoms with Crippen LogP contribution in [0, 0.1) is 0 Å². The number of hydrogen-bond donors (Lipinski definition) is 0. The fourth-order valence-corrected chi connectivity index (χ4v) is 1.99. The molecule has 1 aliphatic heterocycles. The number of isocyanates is 1. The first kappa shape index (κ1) is 10.1. The van der Waals surface area contributed by atoms with Gasteiger partial charge in [-0.15, -0.1) is 0 Å². The average molecular weight is 203 g/mol. The van der Waals surface area contributed by atoms with Crippen molar-refractivity contribution in [2.45, 2.75) is 18.8 Å². The molecule has 0 unspecified atom stereocenters. The van der Waals surface area contributed by atoms with Crippen LogP contribution in [-0.2, 0) is 9.53 Å². The maximum atomic E-state index is 10.3. The summed E-state index contributed by atoms with van der Waals surface area (Å²) in [5.41, 5.74) is 1.89. The molecule has 0 radical (unpaired) electrons. The smallest absolute Gasteiger partial charge is 0.240 e. The molecule has 1 aliphatic rings. The van der Waals surface area contributed by atoms with Gasteiger partial charge >= 0.3 is 0 Å². The second kappa shape index (κ2) is 4.87. The van der Waals surface area contributed by atoms with Crippen molar-refractivity contribution < 1.29 is 9.53 Å². The summed E-state index contributed by atoms with van der Waals surface area (Å²) in [7, 11) is 0. The predicted octanol–water partition coefficient (Wildman–Crippen LogP) is 2.55. The van der Waals surface area contributed by atoms with E-state index in [0.717, 1.165) is 37.3 Å². The van der Waals surface area contributed by atoms with Crippen molar-refractivity contribution >= 4 is 11.8 Å². The molecule has 1 saturated heterocycles. The minimum atomic E-state index is 0.465. The summed E-state index contributed by atoms with van der Waals surface area (Å²) in [5, 5.41) is 0. The van der Waals surface area contributed by atoms with Crippen molar-refractivity contribution in [2.75, 3.05) is 13.2 Å². The molecule has 0 spiro atoms. The van der Waals surface area contributed by atoms with Gasteiger partial charge in [0.15, 0.2) is 0 Å². The molecule has 3 nitrogen and oxygen atoms in total. The van der Waals surface area contributed by atoms with Crippen LogP contribution in [0.3, 0.4) is 0 Å². The number of aliphatic imine (C=N–C) groups is 1. The van der Waals surface area contributed by atoms with Gasteiger partial charge in [-0.3, -0.25) is 0 Å². The van der Waals surface area contributed by atoms with Crippen molar-refractivity contribution in [3.8, 4) is 0 Å². The topological polar surface area (TPSA) is 38.7 Å². The second-order valence-electron chi connectivity index (χ2n) is 3.65. The van der Waals surface area contributed by atoms with Crippen LogP contribution in [0.25, 0.3) is 0 Å². The molecule has 15 heavy (non-hydrogen) atoms. The number of rotatable bonds is 2. The molecule has 0 saturated carbocycles. The third-order valence-electron chi connectivity index (χ3n) is 2.76. The SMILES string of the molecule is O=C=Nc1ccccc1C1CCOCC1. The van der Waals surface area contributed by atoms with Crippen LogP contribution in [-0.4, -0.2) is 19.3 Å². The second-order valence-corrected chi connectivity index (χ2v) is 3.65. The zero-order chi connectivity index (χ0) is 10.5. The first-order chi connectivity index (χ1) is 7.42. The highest BCUT2D eigenvalue weighted by Gasteiger charge is 2.18. The monoisotopic (exact) mass is 203 g/mol. The molecule has 1 heterocycles. The van der Waals surface area contributed by atoms with E-state index >= 15 is 0 Å². The summed E-state index contributed by atoms with van der Waals surface area (Å²) in [6, 6.07) is 7.76. The van der Waals surface area contributed by atoms with Crippen molar-refractivity contribution in [1.29, 1.82) is 0 Å². The minimum absolute atomic E-state index is 0.465. The van der Waals surface area contributed by atoms with E-state index in [0.29, 0.717) is 5.92 Å². The van der Waals surface area contributed by atoms with Gasteiger partial charge in [0.25, 0.3) is 0 Å². The van der Waals surface area contributed by atoms with Gasteiger partial charge in [-0.2, -0.15) is 4.99 Å². The first-order valence-corrected chi connectivity index (χ1v) is 5.16. The Hall–Kier alpha value is -1.44. The number of para-hydroxylation sites is 1. The zero-order valence-electron chi connectivity index (χ0n) is 8.48. The maximum absolute atomic E-state index is 10.3. The van der Waals surface area contributed by atoms with Crippen LogP contribution in [0.5, 0.6) is 0 Å². The van der Waals surface area contributed by atoms with Gasteiger partial charge in [0, 0.05) is 13.2 Å². The number of ether oxygens (including phenoxy) is 1. The Morgan fingerprint density at radius 3 is 2.73 bits per heavy atom. The molecule has 0 aliphatic carbocycles. The molecule has 0 aromatic heterocycles. The lowest BCUT2D eigenvalue weighted by molar-refractivity contribution is 0.0854. The molecule has 78 valence electrons. The van der Waals surface area contributed by atoms with Crippen molar-refractivity contribution in [1.82, 2.24) is 0 Å². The van der Waals surface area contributed by atoms with Crippen LogP contribution >= 0.6 is 0 Å². The van der Waals surface area contributed by atoms with Gasteiger partial charge in [0.05, 0.1) is 5.69 Å². The largest absolute Gasteiger partial charge is 0.381 e. The van der Waals surface area contributed by atoms with E-state index in [9.17, 15) is 4.79 Å². The lowest BCUT2D eigenvalue weighted by Gasteiger charge is -2.23. The molecular weight excluding hydrogens is 190 g/mol. The molecule has 1 aromatic rings. The highest BCUT2D eigenvalue weighted by atomic mass is 16.5. The van der Waals surface area contributed by atoms with E-state index in [-0.39, 0.29) is 0 Å². The van der Waals surface area contributed by atoms with E-state index in [1.807, 2.05) is 24.3 Å². The highest BCUT2D eigenvalue weighted by molar-refractivity contribution is 5.54. The number of benzene rings is 1. The van der Waals surface area contributed by atoms with Gasteiger partial charge in [0.1, 0.15) is 0 Å². The Labute approximate surface area is 88.8 Å². The Bertz CT molecular complexity index is 377. The number of nitrogens with zero attached hydrogens (tertiary/aromatic N) is 1. The summed E-state index contributed by atoms with van der Waals surface area (Å²) in [4.78, 5) is 14.0. The standard InChI is InChI=1S/C12H13NO2/c14-9-13-12-4-2-1-3-11(12)10-5-7-15-8-6-10/h1-4,10H,5-8H2. The molecule has 0 bridgehead atoms. The molecule has 2 rings (SSSR count). The zero-order valence-corrected chi connectivity index (χ0v) is 8.48. The van der Waals surface area contributed by atoms with Gasteiger partial charge in [-0.05, 0) is 30.4 Å². The third-order valence-corrected chi connectivity index (χ3v) is 2.76. The van der Waals surface area contributed by atoms with Crippen LogP contribution < -0.4 is 0 Å². The Morgan fingerprint density at radius 2 is 2.00 bits per heavy atom. The van der Waals surface area contributed by atoms with Gasteiger partial charge in [-0.25, -0.2) is 4.79 Å². The predicted molar refractivity (Wildman–Crippen MR) is 57.0 cm³/mol. The fraction of sp³-hybridized carbons (Fsp3) is 0.417. The molecule has 0 N–H and O–H groups in total. The Morgan fingerprint density at radius 1 is 1.27 bits per heavy atom. The summed E-state index contributed by atoms with van der Waals surface area (Å²) in [5.74, 6) is 0.465. The van der Waals surface area contributed by atoms with Gasteiger partial charge in [-0.1, -0.05) is 18.2 Å². The Balaban J connectivity index is 2.28. The third kappa shape index (κ3) is 2.32.